The van der Waals surface area contributed by atoms with Crippen LogP contribution in [0.3, 0.4) is 0 Å². The molecule has 4 rings (SSSR count). The number of H-pyrrole nitrogens is 1. The van der Waals surface area contributed by atoms with Crippen molar-refractivity contribution in [2.24, 2.45) is 0 Å². The van der Waals surface area contributed by atoms with Gasteiger partial charge in [-0.2, -0.15) is 27.1 Å². The largest absolute Gasteiger partial charge is 0.423 e. The van der Waals surface area contributed by atoms with Crippen molar-refractivity contribution in [3.05, 3.63) is 74.4 Å². The molecule has 3 aromatic heterocycles. The summed E-state index contributed by atoms with van der Waals surface area (Å²) in [5.41, 5.74) is 5.96. The number of nitrogen functional groups attached to an aromatic ring is 2. The molecule has 0 bridgehead atoms. The summed E-state index contributed by atoms with van der Waals surface area (Å²) in [5, 5.41) is 5.28. The molecule has 0 spiro atoms. The molecule has 1 aromatic carbocycles. The van der Waals surface area contributed by atoms with Crippen molar-refractivity contribution in [3.8, 4) is 11.4 Å². The Morgan fingerprint density at radius 1 is 1.02 bits per heavy atom. The van der Waals surface area contributed by atoms with Crippen LogP contribution in [0, 0.1) is 5.82 Å². The number of nitrogens with one attached hydrogen (secondary N) is 1. The fourth-order valence-electron chi connectivity index (χ4n) is 3.79. The Kier molecular flexibility index (Phi) is 10.7. The van der Waals surface area contributed by atoms with Gasteiger partial charge in [0.05, 0.1) is 35.0 Å². The number of alkyl halides is 7. The topological polar surface area (TPSA) is 155 Å². The molecule has 0 aliphatic carbocycles. The summed E-state index contributed by atoms with van der Waals surface area (Å²) in [6.45, 7) is -2.53. The van der Waals surface area contributed by atoms with E-state index in [9.17, 15) is 44.7 Å². The quantitative estimate of drug-likeness (QED) is 0.176. The maximum absolute atomic E-state index is 14.7. The molecule has 0 amide bonds. The van der Waals surface area contributed by atoms with Crippen LogP contribution in [0.5, 0.6) is 0 Å². The van der Waals surface area contributed by atoms with Crippen molar-refractivity contribution in [2.45, 2.75) is 45.0 Å². The second kappa shape index (κ2) is 14.0. The van der Waals surface area contributed by atoms with E-state index < -0.39 is 58.8 Å². The number of halogens is 8. The summed E-state index contributed by atoms with van der Waals surface area (Å²) in [5.74, 6) is -1.42. The number of unbranched alkanes of at least 4 members (excludes halogenated alkanes) is 2. The Hall–Kier alpha value is -4.61. The summed E-state index contributed by atoms with van der Waals surface area (Å²) < 4.78 is 106. The summed E-state index contributed by atoms with van der Waals surface area (Å²) in [7, 11) is 0. The lowest BCUT2D eigenvalue weighted by molar-refractivity contribution is -0.138. The highest BCUT2D eigenvalue weighted by Crippen LogP contribution is 2.30. The van der Waals surface area contributed by atoms with Crippen LogP contribution in [0.1, 0.15) is 36.8 Å². The smallest absolute Gasteiger partial charge is 0.397 e. The maximum Gasteiger partial charge on any atom is 0.423 e. The normalized spacial score (nSPS) is 11.7. The van der Waals surface area contributed by atoms with E-state index >= 15 is 0 Å². The van der Waals surface area contributed by atoms with E-state index in [1.54, 1.807) is 11.2 Å². The number of fused-ring (bicyclic) bond motifs is 1. The zero-order chi connectivity index (χ0) is 31.9. The van der Waals surface area contributed by atoms with E-state index in [1.807, 2.05) is 0 Å². The predicted octanol–water partition coefficient (Wildman–Crippen LogP) is 4.90. The molecule has 0 aliphatic heterocycles. The van der Waals surface area contributed by atoms with Crippen LogP contribution in [0.4, 0.5) is 46.6 Å². The first-order valence-corrected chi connectivity index (χ1v) is 12.2. The first-order valence-electron chi connectivity index (χ1n) is 12.2. The summed E-state index contributed by atoms with van der Waals surface area (Å²) >= 11 is 0. The maximum atomic E-state index is 14.7. The minimum Gasteiger partial charge on any atom is -0.397 e. The van der Waals surface area contributed by atoms with Gasteiger partial charge in [0.25, 0.3) is 17.5 Å². The number of benzene rings is 1. The number of aromatic amines is 1. The monoisotopic (exact) mass is 621 g/mol. The van der Waals surface area contributed by atoms with Crippen molar-refractivity contribution >= 4 is 22.3 Å². The van der Waals surface area contributed by atoms with Gasteiger partial charge in [-0.1, -0.05) is 0 Å². The van der Waals surface area contributed by atoms with Gasteiger partial charge in [0.1, 0.15) is 17.2 Å². The summed E-state index contributed by atoms with van der Waals surface area (Å²) in [6, 6.07) is 4.01. The molecule has 0 aliphatic rings. The molecule has 5 N–H and O–H groups in total. The number of anilines is 2. The number of rotatable bonds is 9. The van der Waals surface area contributed by atoms with Gasteiger partial charge in [-0.25, -0.2) is 28.2 Å². The van der Waals surface area contributed by atoms with Gasteiger partial charge in [0.15, 0.2) is 5.82 Å². The van der Waals surface area contributed by atoms with E-state index in [2.05, 4.69) is 19.8 Å². The standard InChI is InChI=1S/C20H19F5N4O2.C5H4F3N3O/c21-15-9-12-11(8-13(15)18-27-10-14(16(22)23)17(26)28-18)4-6-29(19(12)30)5-2-1-3-7-31-20(24)25;6-5(7,8)3-2(9)1-10-11-4(3)12/h4,6,8-10,16,20H,1-3,5,7H2,(H2,26,27,28);1H,(H3,9,11,12). The third-order valence-electron chi connectivity index (χ3n) is 5.84. The van der Waals surface area contributed by atoms with Crippen molar-refractivity contribution in [1.29, 1.82) is 0 Å². The van der Waals surface area contributed by atoms with Gasteiger partial charge < -0.3 is 20.8 Å². The van der Waals surface area contributed by atoms with Crippen LogP contribution in [-0.2, 0) is 17.5 Å². The average Bonchev–Trinajstić information content (AvgIpc) is 2.91. The van der Waals surface area contributed by atoms with Crippen molar-refractivity contribution < 1.29 is 39.9 Å². The highest BCUT2D eigenvalue weighted by atomic mass is 19.4. The summed E-state index contributed by atoms with van der Waals surface area (Å²) in [4.78, 5) is 30.7. The first kappa shape index (κ1) is 32.9. The third-order valence-corrected chi connectivity index (χ3v) is 5.84. The van der Waals surface area contributed by atoms with Crippen LogP contribution in [0.15, 0.2) is 46.4 Å². The fourth-order valence-corrected chi connectivity index (χ4v) is 3.79. The highest BCUT2D eigenvalue weighted by molar-refractivity contribution is 5.86. The summed E-state index contributed by atoms with van der Waals surface area (Å²) in [6.07, 6.45) is -2.90. The SMILES string of the molecule is Nc1cn[nH]c(=O)c1C(F)(F)F.Nc1nc(-c2cc3ccn(CCCCCOC(F)F)c(=O)c3cc2F)ncc1C(F)F. The fraction of sp³-hybridized carbons (Fsp3) is 0.320. The lowest BCUT2D eigenvalue weighted by Crippen LogP contribution is -2.24. The number of hydrogen-bond donors (Lipinski definition) is 3. The van der Waals surface area contributed by atoms with Crippen LogP contribution in [0.25, 0.3) is 22.2 Å². The molecular weight excluding hydrogens is 598 g/mol. The molecule has 0 fully saturated rings. The van der Waals surface area contributed by atoms with Crippen LogP contribution >= 0.6 is 0 Å². The molecule has 43 heavy (non-hydrogen) atoms. The Morgan fingerprint density at radius 2 is 1.74 bits per heavy atom. The minimum atomic E-state index is -4.74. The molecular formula is C25H23F8N7O3. The number of hydrogen-bond acceptors (Lipinski definition) is 8. The van der Waals surface area contributed by atoms with E-state index in [1.165, 1.54) is 16.8 Å². The van der Waals surface area contributed by atoms with Gasteiger partial charge >= 0.3 is 12.8 Å². The Morgan fingerprint density at radius 3 is 2.33 bits per heavy atom. The Balaban J connectivity index is 0.000000353. The lowest BCUT2D eigenvalue weighted by Gasteiger charge is -2.10. The second-order valence-electron chi connectivity index (χ2n) is 8.79. The van der Waals surface area contributed by atoms with Gasteiger partial charge in [0.2, 0.25) is 0 Å². The molecule has 0 radical (unpaired) electrons. The molecule has 18 heteroatoms. The van der Waals surface area contributed by atoms with E-state index in [4.69, 9.17) is 11.5 Å². The molecule has 10 nitrogen and oxygen atoms in total. The molecule has 4 aromatic rings. The Bertz CT molecular complexity index is 1680. The van der Waals surface area contributed by atoms with E-state index in [-0.39, 0.29) is 23.4 Å². The van der Waals surface area contributed by atoms with E-state index in [0.717, 1.165) is 18.5 Å². The molecule has 0 unspecified atom stereocenters. The first-order chi connectivity index (χ1) is 20.2. The average molecular weight is 621 g/mol. The zero-order valence-electron chi connectivity index (χ0n) is 21.8. The molecule has 0 atom stereocenters. The highest BCUT2D eigenvalue weighted by Gasteiger charge is 2.36. The van der Waals surface area contributed by atoms with Gasteiger partial charge in [-0.3, -0.25) is 9.59 Å². The van der Waals surface area contributed by atoms with Gasteiger partial charge in [-0.15, -0.1) is 0 Å². The third kappa shape index (κ3) is 8.46. The second-order valence-corrected chi connectivity index (χ2v) is 8.79. The van der Waals surface area contributed by atoms with Crippen molar-refractivity contribution in [1.82, 2.24) is 24.7 Å². The molecule has 0 saturated carbocycles. The molecule has 232 valence electrons. The van der Waals surface area contributed by atoms with Crippen molar-refractivity contribution in [3.63, 3.8) is 0 Å². The zero-order valence-corrected chi connectivity index (χ0v) is 21.8. The van der Waals surface area contributed by atoms with Gasteiger partial charge in [0, 0.05) is 18.9 Å². The number of pyridine rings is 1. The predicted molar refractivity (Wildman–Crippen MR) is 139 cm³/mol. The van der Waals surface area contributed by atoms with Crippen LogP contribution in [0.2, 0.25) is 0 Å². The number of nitrogens with two attached hydrogens (primary N) is 2. The Labute approximate surface area is 236 Å². The molecule has 0 saturated heterocycles. The molecule has 3 heterocycles. The number of ether oxygens (including phenoxy) is 1. The minimum absolute atomic E-state index is 0.0663. The lowest BCUT2D eigenvalue weighted by atomic mass is 10.1. The van der Waals surface area contributed by atoms with Gasteiger partial charge in [-0.05, 0) is 42.8 Å². The van der Waals surface area contributed by atoms with Crippen LogP contribution < -0.4 is 22.6 Å². The number of aromatic nitrogens is 5. The number of aryl methyl sites for hydroxylation is 1. The number of nitrogens with zero attached hydrogens (tertiary/aromatic N) is 4. The van der Waals surface area contributed by atoms with Crippen molar-refractivity contribution in [2.75, 3.05) is 18.1 Å². The van der Waals surface area contributed by atoms with E-state index in [0.29, 0.717) is 31.2 Å². The van der Waals surface area contributed by atoms with Crippen LogP contribution in [-0.4, -0.2) is 38.0 Å².